The number of aryl methyl sites for hydroxylation is 1. The summed E-state index contributed by atoms with van der Waals surface area (Å²) in [6.07, 6.45) is 5.29. The molecule has 0 aromatic carbocycles. The fourth-order valence-electron chi connectivity index (χ4n) is 1.11. The van der Waals surface area contributed by atoms with E-state index < -0.39 is 0 Å². The lowest BCUT2D eigenvalue weighted by molar-refractivity contribution is -0.611. The van der Waals surface area contributed by atoms with E-state index in [1.165, 1.54) is 0 Å². The maximum Gasteiger partial charge on any atom is 0.206 e. The second-order valence-corrected chi connectivity index (χ2v) is 2.57. The van der Waals surface area contributed by atoms with Crippen molar-refractivity contribution in [2.45, 2.75) is 6.92 Å². The van der Waals surface area contributed by atoms with Gasteiger partial charge in [-0.2, -0.15) is 4.73 Å². The van der Waals surface area contributed by atoms with Crippen LogP contribution in [0.4, 0.5) is 0 Å². The molecule has 0 N–H and O–H groups in total. The van der Waals surface area contributed by atoms with Crippen LogP contribution in [0.5, 0.6) is 0 Å². The van der Waals surface area contributed by atoms with E-state index in [-0.39, 0.29) is 0 Å². The molecule has 0 saturated carbocycles. The van der Waals surface area contributed by atoms with Gasteiger partial charge in [0.05, 0.1) is 6.20 Å². The van der Waals surface area contributed by atoms with Crippen LogP contribution >= 0.6 is 0 Å². The molecular formula is C8H8N2O. The molecule has 0 radical (unpaired) electrons. The minimum Gasteiger partial charge on any atom is -0.618 e. The lowest BCUT2D eigenvalue weighted by Gasteiger charge is -2.00. The smallest absolute Gasteiger partial charge is 0.206 e. The van der Waals surface area contributed by atoms with Crippen LogP contribution in [0.3, 0.4) is 0 Å². The molecule has 11 heavy (non-hydrogen) atoms. The van der Waals surface area contributed by atoms with Crippen LogP contribution in [0, 0.1) is 12.1 Å². The molecular weight excluding hydrogens is 140 g/mol. The third-order valence-electron chi connectivity index (χ3n) is 1.73. The molecule has 0 bridgehead atoms. The van der Waals surface area contributed by atoms with E-state index in [1.807, 2.05) is 28.9 Å². The van der Waals surface area contributed by atoms with Crippen LogP contribution < -0.4 is 4.73 Å². The summed E-state index contributed by atoms with van der Waals surface area (Å²) < 4.78 is 2.79. The Hall–Kier alpha value is -1.51. The van der Waals surface area contributed by atoms with Crippen molar-refractivity contribution in [3.8, 4) is 0 Å². The highest BCUT2D eigenvalue weighted by Gasteiger charge is 2.00. The minimum absolute atomic E-state index is 0.703. The highest BCUT2D eigenvalue weighted by Crippen LogP contribution is 2.01. The molecule has 0 saturated heterocycles. The Bertz CT molecular complexity index is 356. The predicted octanol–water partition coefficient (Wildman–Crippen LogP) is 0.881. The highest BCUT2D eigenvalue weighted by molar-refractivity contribution is 5.43. The van der Waals surface area contributed by atoms with E-state index in [9.17, 15) is 5.21 Å². The van der Waals surface area contributed by atoms with Gasteiger partial charge in [0.2, 0.25) is 11.9 Å². The zero-order chi connectivity index (χ0) is 7.84. The number of nitrogens with zero attached hydrogens (tertiary/aromatic N) is 2. The average molecular weight is 148 g/mol. The van der Waals surface area contributed by atoms with Crippen molar-refractivity contribution in [2.75, 3.05) is 0 Å². The predicted molar refractivity (Wildman–Crippen MR) is 41.1 cm³/mol. The Labute approximate surface area is 64.1 Å². The lowest BCUT2D eigenvalue weighted by atomic mass is 10.5. The summed E-state index contributed by atoms with van der Waals surface area (Å²) in [4.78, 5) is 0. The van der Waals surface area contributed by atoms with Gasteiger partial charge in [0, 0.05) is 13.1 Å². The summed E-state index contributed by atoms with van der Waals surface area (Å²) in [5.74, 6) is 0. The molecule has 2 aromatic rings. The van der Waals surface area contributed by atoms with Crippen molar-refractivity contribution in [3.05, 3.63) is 41.6 Å². The summed E-state index contributed by atoms with van der Waals surface area (Å²) >= 11 is 0. The van der Waals surface area contributed by atoms with Gasteiger partial charge in [0.15, 0.2) is 0 Å². The van der Waals surface area contributed by atoms with Gasteiger partial charge in [-0.15, -0.1) is 0 Å². The zero-order valence-electron chi connectivity index (χ0n) is 6.19. The standard InChI is InChI=1S/C8H8N2O/c1-7-5-9-4-2-3-8(9)6-10(7)11/h2-6H,1H3. The Morgan fingerprint density at radius 2 is 2.36 bits per heavy atom. The molecule has 0 atom stereocenters. The lowest BCUT2D eigenvalue weighted by Crippen LogP contribution is -2.29. The first kappa shape index (κ1) is 6.22. The van der Waals surface area contributed by atoms with Gasteiger partial charge in [-0.3, -0.25) is 0 Å². The molecule has 0 spiro atoms. The third-order valence-corrected chi connectivity index (χ3v) is 1.73. The SMILES string of the molecule is Cc1cn2cccc2c[n+]1[O-]. The molecule has 0 aliphatic carbocycles. The third kappa shape index (κ3) is 0.852. The summed E-state index contributed by atoms with van der Waals surface area (Å²) in [5.41, 5.74) is 1.62. The number of fused-ring (bicyclic) bond motifs is 1. The van der Waals surface area contributed by atoms with Gasteiger partial charge in [0.25, 0.3) is 0 Å². The molecule has 0 amide bonds. The topological polar surface area (TPSA) is 31.3 Å². The normalized spacial score (nSPS) is 10.6. The Balaban J connectivity index is 2.86. The fourth-order valence-corrected chi connectivity index (χ4v) is 1.11. The van der Waals surface area contributed by atoms with Gasteiger partial charge in [-0.1, -0.05) is 0 Å². The van der Waals surface area contributed by atoms with Crippen LogP contribution in [0.15, 0.2) is 30.7 Å². The summed E-state index contributed by atoms with van der Waals surface area (Å²) in [7, 11) is 0. The quantitative estimate of drug-likeness (QED) is 0.403. The molecule has 0 aliphatic heterocycles. The minimum atomic E-state index is 0.703. The van der Waals surface area contributed by atoms with Gasteiger partial charge in [-0.05, 0) is 12.1 Å². The van der Waals surface area contributed by atoms with Crippen LogP contribution in [0.25, 0.3) is 5.52 Å². The first-order valence-corrected chi connectivity index (χ1v) is 3.44. The molecule has 3 heteroatoms. The number of hydrogen-bond donors (Lipinski definition) is 0. The first-order chi connectivity index (χ1) is 5.27. The van der Waals surface area contributed by atoms with Crippen molar-refractivity contribution in [1.29, 1.82) is 0 Å². The van der Waals surface area contributed by atoms with Crippen molar-refractivity contribution in [2.24, 2.45) is 0 Å². The average Bonchev–Trinajstić information content (AvgIpc) is 2.36. The second-order valence-electron chi connectivity index (χ2n) is 2.57. The van der Waals surface area contributed by atoms with Crippen LogP contribution in [0.2, 0.25) is 0 Å². The zero-order valence-corrected chi connectivity index (χ0v) is 6.19. The molecule has 2 rings (SSSR count). The molecule has 0 fully saturated rings. The fraction of sp³-hybridized carbons (Fsp3) is 0.125. The highest BCUT2D eigenvalue weighted by atomic mass is 16.5. The van der Waals surface area contributed by atoms with E-state index in [0.29, 0.717) is 5.69 Å². The number of hydrogen-bond acceptors (Lipinski definition) is 1. The Morgan fingerprint density at radius 1 is 1.55 bits per heavy atom. The molecule has 2 heterocycles. The summed E-state index contributed by atoms with van der Waals surface area (Å²) in [6, 6.07) is 3.81. The van der Waals surface area contributed by atoms with E-state index in [2.05, 4.69) is 0 Å². The molecule has 56 valence electrons. The van der Waals surface area contributed by atoms with E-state index in [0.717, 1.165) is 10.2 Å². The number of rotatable bonds is 0. The largest absolute Gasteiger partial charge is 0.618 e. The summed E-state index contributed by atoms with van der Waals surface area (Å²) in [5, 5.41) is 11.0. The van der Waals surface area contributed by atoms with Crippen LogP contribution in [-0.2, 0) is 0 Å². The van der Waals surface area contributed by atoms with Crippen molar-refractivity contribution in [1.82, 2.24) is 4.40 Å². The van der Waals surface area contributed by atoms with E-state index in [4.69, 9.17) is 0 Å². The second kappa shape index (κ2) is 1.99. The van der Waals surface area contributed by atoms with Crippen molar-refractivity contribution in [3.63, 3.8) is 0 Å². The molecule has 3 nitrogen and oxygen atoms in total. The van der Waals surface area contributed by atoms with Gasteiger partial charge in [-0.25, -0.2) is 0 Å². The Morgan fingerprint density at radius 3 is 3.18 bits per heavy atom. The van der Waals surface area contributed by atoms with Gasteiger partial charge in [0.1, 0.15) is 5.52 Å². The maximum atomic E-state index is 11.0. The van der Waals surface area contributed by atoms with Crippen LogP contribution in [-0.4, -0.2) is 4.40 Å². The maximum absolute atomic E-state index is 11.0. The molecule has 2 aromatic heterocycles. The van der Waals surface area contributed by atoms with E-state index >= 15 is 0 Å². The molecule has 0 aliphatic rings. The molecule has 0 unspecified atom stereocenters. The first-order valence-electron chi connectivity index (χ1n) is 3.44. The summed E-state index contributed by atoms with van der Waals surface area (Å²) in [6.45, 7) is 1.78. The van der Waals surface area contributed by atoms with Gasteiger partial charge >= 0.3 is 0 Å². The monoisotopic (exact) mass is 148 g/mol. The van der Waals surface area contributed by atoms with Crippen molar-refractivity contribution >= 4 is 5.52 Å². The Kier molecular flexibility index (Phi) is 1.12. The van der Waals surface area contributed by atoms with Crippen molar-refractivity contribution < 1.29 is 4.73 Å². The van der Waals surface area contributed by atoms with Crippen LogP contribution in [0.1, 0.15) is 5.69 Å². The number of aromatic nitrogens is 2. The van der Waals surface area contributed by atoms with Gasteiger partial charge < -0.3 is 9.61 Å². The van der Waals surface area contributed by atoms with E-state index in [1.54, 1.807) is 13.1 Å².